The zero-order chi connectivity index (χ0) is 11.8. The second kappa shape index (κ2) is 7.74. The Morgan fingerprint density at radius 3 is 2.88 bits per heavy atom. The van der Waals surface area contributed by atoms with Crippen molar-refractivity contribution in [2.45, 2.75) is 39.8 Å². The predicted octanol–water partition coefficient (Wildman–Crippen LogP) is 2.70. The van der Waals surface area contributed by atoms with Crippen molar-refractivity contribution in [3.63, 3.8) is 0 Å². The summed E-state index contributed by atoms with van der Waals surface area (Å²) in [6.07, 6.45) is 3.07. The van der Waals surface area contributed by atoms with Crippen LogP contribution in [0.3, 0.4) is 0 Å². The smallest absolute Gasteiger partial charge is 0.0583 e. The van der Waals surface area contributed by atoms with E-state index < -0.39 is 0 Å². The third-order valence-electron chi connectivity index (χ3n) is 2.54. The third kappa shape index (κ3) is 3.83. The number of aromatic nitrogens is 2. The molecular weight excluding hydrogens is 218 g/mol. The lowest BCUT2D eigenvalue weighted by Crippen LogP contribution is -2.26. The molecule has 0 saturated carbocycles. The molecule has 1 atom stereocenters. The Kier molecular flexibility index (Phi) is 6.57. The minimum atomic E-state index is 0.437. The number of nitrogens with one attached hydrogen (secondary N) is 1. The molecule has 0 amide bonds. The predicted molar refractivity (Wildman–Crippen MR) is 71.9 cm³/mol. The summed E-state index contributed by atoms with van der Waals surface area (Å²) in [4.78, 5) is 0. The van der Waals surface area contributed by atoms with E-state index in [1.54, 1.807) is 0 Å². The summed E-state index contributed by atoms with van der Waals surface area (Å²) in [7, 11) is 0. The molecule has 3 nitrogen and oxygen atoms in total. The molecule has 4 heteroatoms. The van der Waals surface area contributed by atoms with Gasteiger partial charge in [-0.2, -0.15) is 16.9 Å². The number of hydrogen-bond acceptors (Lipinski definition) is 3. The van der Waals surface area contributed by atoms with Gasteiger partial charge in [-0.05, 0) is 31.7 Å². The van der Waals surface area contributed by atoms with Crippen LogP contribution in [-0.2, 0) is 6.54 Å². The first-order chi connectivity index (χ1) is 7.83. The Morgan fingerprint density at radius 2 is 2.25 bits per heavy atom. The van der Waals surface area contributed by atoms with Gasteiger partial charge in [0.15, 0.2) is 0 Å². The van der Waals surface area contributed by atoms with Crippen molar-refractivity contribution in [1.29, 1.82) is 0 Å². The maximum atomic E-state index is 4.34. The molecule has 0 radical (unpaired) electrons. The van der Waals surface area contributed by atoms with E-state index in [1.165, 1.54) is 17.9 Å². The summed E-state index contributed by atoms with van der Waals surface area (Å²) < 4.78 is 2.09. The standard InChI is InChI=1S/C12H23N3S/c1-4-8-13-11(10-16-6-3)12-7-9-14-15(12)5-2/h7,9,11,13H,4-6,8,10H2,1-3H3. The van der Waals surface area contributed by atoms with Gasteiger partial charge in [0, 0.05) is 18.5 Å². The summed E-state index contributed by atoms with van der Waals surface area (Å²) in [6.45, 7) is 8.57. The van der Waals surface area contributed by atoms with Crippen molar-refractivity contribution in [2.75, 3.05) is 18.1 Å². The van der Waals surface area contributed by atoms with Crippen LogP contribution in [0.25, 0.3) is 0 Å². The molecule has 0 aliphatic carbocycles. The van der Waals surface area contributed by atoms with E-state index in [2.05, 4.69) is 41.9 Å². The minimum absolute atomic E-state index is 0.437. The van der Waals surface area contributed by atoms with E-state index >= 15 is 0 Å². The second-order valence-electron chi connectivity index (χ2n) is 3.74. The summed E-state index contributed by atoms with van der Waals surface area (Å²) >= 11 is 1.98. The number of thioether (sulfide) groups is 1. The Hall–Kier alpha value is -0.480. The average Bonchev–Trinajstić information content (AvgIpc) is 2.77. The van der Waals surface area contributed by atoms with Crippen LogP contribution in [0, 0.1) is 0 Å². The van der Waals surface area contributed by atoms with Crippen LogP contribution >= 0.6 is 11.8 Å². The molecule has 0 aliphatic heterocycles. The van der Waals surface area contributed by atoms with Crippen molar-refractivity contribution < 1.29 is 0 Å². The monoisotopic (exact) mass is 241 g/mol. The van der Waals surface area contributed by atoms with Gasteiger partial charge >= 0.3 is 0 Å². The molecule has 1 aromatic rings. The lowest BCUT2D eigenvalue weighted by molar-refractivity contribution is 0.514. The van der Waals surface area contributed by atoms with Crippen LogP contribution in [0.5, 0.6) is 0 Å². The van der Waals surface area contributed by atoms with Crippen LogP contribution < -0.4 is 5.32 Å². The van der Waals surface area contributed by atoms with Gasteiger partial charge in [-0.25, -0.2) is 0 Å². The highest BCUT2D eigenvalue weighted by Crippen LogP contribution is 2.18. The molecule has 1 aromatic heterocycles. The van der Waals surface area contributed by atoms with Crippen LogP contribution in [0.4, 0.5) is 0 Å². The molecule has 1 N–H and O–H groups in total. The fourth-order valence-electron chi connectivity index (χ4n) is 1.71. The molecule has 0 spiro atoms. The Morgan fingerprint density at radius 1 is 1.44 bits per heavy atom. The van der Waals surface area contributed by atoms with Gasteiger partial charge < -0.3 is 5.32 Å². The lowest BCUT2D eigenvalue weighted by atomic mass is 10.2. The fourth-order valence-corrected chi connectivity index (χ4v) is 2.47. The minimum Gasteiger partial charge on any atom is -0.308 e. The summed E-state index contributed by atoms with van der Waals surface area (Å²) in [6, 6.07) is 2.57. The van der Waals surface area contributed by atoms with Gasteiger partial charge in [0.05, 0.1) is 11.7 Å². The number of aryl methyl sites for hydroxylation is 1. The van der Waals surface area contributed by atoms with E-state index in [-0.39, 0.29) is 0 Å². The SMILES string of the molecule is CCCNC(CSCC)c1ccnn1CC. The Balaban J connectivity index is 2.66. The third-order valence-corrected chi connectivity index (χ3v) is 3.51. The molecule has 0 saturated heterocycles. The second-order valence-corrected chi connectivity index (χ2v) is 5.06. The van der Waals surface area contributed by atoms with Crippen molar-refractivity contribution >= 4 is 11.8 Å². The first-order valence-electron chi connectivity index (χ1n) is 6.16. The van der Waals surface area contributed by atoms with Crippen LogP contribution in [-0.4, -0.2) is 27.8 Å². The van der Waals surface area contributed by atoms with Crippen LogP contribution in [0.2, 0.25) is 0 Å². The normalized spacial score (nSPS) is 12.9. The van der Waals surface area contributed by atoms with Gasteiger partial charge in [0.1, 0.15) is 0 Å². The molecule has 1 rings (SSSR count). The molecular formula is C12H23N3S. The first-order valence-corrected chi connectivity index (χ1v) is 7.31. The highest BCUT2D eigenvalue weighted by molar-refractivity contribution is 7.99. The van der Waals surface area contributed by atoms with E-state index in [0.29, 0.717) is 6.04 Å². The van der Waals surface area contributed by atoms with Crippen molar-refractivity contribution in [3.05, 3.63) is 18.0 Å². The molecule has 0 bridgehead atoms. The summed E-state index contributed by atoms with van der Waals surface area (Å²) in [5.74, 6) is 2.30. The van der Waals surface area contributed by atoms with Crippen LogP contribution in [0.15, 0.2) is 12.3 Å². The molecule has 0 aliphatic rings. The van der Waals surface area contributed by atoms with E-state index in [1.807, 2.05) is 18.0 Å². The first kappa shape index (κ1) is 13.6. The van der Waals surface area contributed by atoms with Crippen LogP contribution in [0.1, 0.15) is 38.9 Å². The Labute approximate surface area is 103 Å². The van der Waals surface area contributed by atoms with Crippen molar-refractivity contribution in [1.82, 2.24) is 15.1 Å². The van der Waals surface area contributed by atoms with Gasteiger partial charge in [0.25, 0.3) is 0 Å². The van der Waals surface area contributed by atoms with Gasteiger partial charge in [-0.3, -0.25) is 4.68 Å². The summed E-state index contributed by atoms with van der Waals surface area (Å²) in [5, 5.41) is 7.94. The van der Waals surface area contributed by atoms with E-state index in [0.717, 1.165) is 18.8 Å². The van der Waals surface area contributed by atoms with Crippen molar-refractivity contribution in [2.24, 2.45) is 0 Å². The average molecular weight is 241 g/mol. The highest BCUT2D eigenvalue weighted by Gasteiger charge is 2.14. The zero-order valence-electron chi connectivity index (χ0n) is 10.6. The molecule has 92 valence electrons. The Bertz CT molecular complexity index is 278. The molecule has 0 aromatic carbocycles. The molecule has 0 fully saturated rings. The van der Waals surface area contributed by atoms with Gasteiger partial charge in [0.2, 0.25) is 0 Å². The van der Waals surface area contributed by atoms with Gasteiger partial charge in [-0.15, -0.1) is 0 Å². The number of nitrogens with zero attached hydrogens (tertiary/aromatic N) is 2. The van der Waals surface area contributed by atoms with Crippen molar-refractivity contribution in [3.8, 4) is 0 Å². The fraction of sp³-hybridized carbons (Fsp3) is 0.750. The van der Waals surface area contributed by atoms with E-state index in [9.17, 15) is 0 Å². The molecule has 1 heterocycles. The largest absolute Gasteiger partial charge is 0.308 e. The maximum Gasteiger partial charge on any atom is 0.0583 e. The highest BCUT2D eigenvalue weighted by atomic mass is 32.2. The van der Waals surface area contributed by atoms with Gasteiger partial charge in [-0.1, -0.05) is 13.8 Å². The topological polar surface area (TPSA) is 29.9 Å². The maximum absolute atomic E-state index is 4.34. The number of hydrogen-bond donors (Lipinski definition) is 1. The lowest BCUT2D eigenvalue weighted by Gasteiger charge is -2.19. The molecule has 16 heavy (non-hydrogen) atoms. The number of rotatable bonds is 8. The zero-order valence-corrected chi connectivity index (χ0v) is 11.4. The summed E-state index contributed by atoms with van der Waals surface area (Å²) in [5.41, 5.74) is 1.32. The quantitative estimate of drug-likeness (QED) is 0.759. The molecule has 1 unspecified atom stereocenters. The van der Waals surface area contributed by atoms with E-state index in [4.69, 9.17) is 0 Å².